The van der Waals surface area contributed by atoms with Crippen LogP contribution in [0.3, 0.4) is 0 Å². The van der Waals surface area contributed by atoms with E-state index < -0.39 is 12.0 Å². The van der Waals surface area contributed by atoms with Crippen LogP contribution in [-0.4, -0.2) is 43.2 Å². The van der Waals surface area contributed by atoms with Crippen molar-refractivity contribution in [2.24, 2.45) is 0 Å². The van der Waals surface area contributed by atoms with Gasteiger partial charge in [0.2, 0.25) is 0 Å². The van der Waals surface area contributed by atoms with Gasteiger partial charge in [0.1, 0.15) is 6.04 Å². The van der Waals surface area contributed by atoms with E-state index in [1.54, 1.807) is 0 Å². The summed E-state index contributed by atoms with van der Waals surface area (Å²) >= 11 is 1.46. The standard InChI is InChI=1S/C10H16N2O2S/c1-12(2)6-5-11-9(10(13)14)8-4-3-7-15-8/h3-4,7,9,11H,5-6H2,1-2H3,(H,13,14). The Labute approximate surface area is 93.5 Å². The molecule has 1 aromatic heterocycles. The van der Waals surface area contributed by atoms with E-state index in [-0.39, 0.29) is 0 Å². The number of thiophene rings is 1. The Morgan fingerprint density at radius 2 is 2.40 bits per heavy atom. The highest BCUT2D eigenvalue weighted by Gasteiger charge is 2.19. The summed E-state index contributed by atoms with van der Waals surface area (Å²) in [6.45, 7) is 1.50. The molecule has 0 radical (unpaired) electrons. The third kappa shape index (κ3) is 3.99. The lowest BCUT2D eigenvalue weighted by Gasteiger charge is -2.15. The quantitative estimate of drug-likeness (QED) is 0.763. The first-order chi connectivity index (χ1) is 7.11. The molecule has 0 saturated carbocycles. The van der Waals surface area contributed by atoms with Gasteiger partial charge >= 0.3 is 5.97 Å². The number of rotatable bonds is 6. The van der Waals surface area contributed by atoms with Gasteiger partial charge < -0.3 is 10.0 Å². The summed E-state index contributed by atoms with van der Waals surface area (Å²) in [5, 5.41) is 14.0. The van der Waals surface area contributed by atoms with E-state index in [1.807, 2.05) is 36.5 Å². The molecule has 2 N–H and O–H groups in total. The summed E-state index contributed by atoms with van der Waals surface area (Å²) in [6, 6.07) is 3.13. The second-order valence-corrected chi connectivity index (χ2v) is 4.52. The van der Waals surface area contributed by atoms with Gasteiger partial charge in [0.05, 0.1) is 0 Å². The topological polar surface area (TPSA) is 52.6 Å². The molecule has 5 heteroatoms. The highest BCUT2D eigenvalue weighted by molar-refractivity contribution is 7.10. The zero-order valence-electron chi connectivity index (χ0n) is 8.93. The minimum atomic E-state index is -0.823. The molecule has 1 atom stereocenters. The Bertz CT molecular complexity index is 298. The maximum absolute atomic E-state index is 11.0. The Balaban J connectivity index is 2.49. The molecule has 0 spiro atoms. The minimum absolute atomic E-state index is 0.579. The number of hydrogen-bond acceptors (Lipinski definition) is 4. The van der Waals surface area contributed by atoms with Crippen molar-refractivity contribution in [2.45, 2.75) is 6.04 Å². The molecular weight excluding hydrogens is 212 g/mol. The average molecular weight is 228 g/mol. The van der Waals surface area contributed by atoms with Crippen LogP contribution in [-0.2, 0) is 4.79 Å². The first kappa shape index (κ1) is 12.2. The number of nitrogens with one attached hydrogen (secondary N) is 1. The van der Waals surface area contributed by atoms with Crippen molar-refractivity contribution < 1.29 is 9.90 Å². The van der Waals surface area contributed by atoms with E-state index in [2.05, 4.69) is 5.32 Å². The first-order valence-corrected chi connectivity index (χ1v) is 5.63. The average Bonchev–Trinajstić information content (AvgIpc) is 2.63. The van der Waals surface area contributed by atoms with E-state index in [1.165, 1.54) is 11.3 Å². The molecule has 0 aromatic carbocycles. The van der Waals surface area contributed by atoms with Crippen molar-refractivity contribution in [1.29, 1.82) is 0 Å². The van der Waals surface area contributed by atoms with Gasteiger partial charge in [-0.2, -0.15) is 0 Å². The van der Waals surface area contributed by atoms with E-state index in [4.69, 9.17) is 5.11 Å². The maximum Gasteiger partial charge on any atom is 0.326 e. The molecule has 0 saturated heterocycles. The molecule has 1 aromatic rings. The number of carbonyl (C=O) groups is 1. The smallest absolute Gasteiger partial charge is 0.326 e. The van der Waals surface area contributed by atoms with E-state index >= 15 is 0 Å². The van der Waals surface area contributed by atoms with Crippen molar-refractivity contribution >= 4 is 17.3 Å². The molecule has 0 fully saturated rings. The fraction of sp³-hybridized carbons (Fsp3) is 0.500. The van der Waals surface area contributed by atoms with E-state index in [0.29, 0.717) is 6.54 Å². The fourth-order valence-corrected chi connectivity index (χ4v) is 1.99. The number of hydrogen-bond donors (Lipinski definition) is 2. The predicted octanol–water partition coefficient (Wildman–Crippen LogP) is 1.02. The highest BCUT2D eigenvalue weighted by Crippen LogP contribution is 2.18. The first-order valence-electron chi connectivity index (χ1n) is 4.75. The minimum Gasteiger partial charge on any atom is -0.480 e. The van der Waals surface area contributed by atoms with Crippen molar-refractivity contribution in [1.82, 2.24) is 10.2 Å². The fourth-order valence-electron chi connectivity index (χ4n) is 1.20. The Morgan fingerprint density at radius 1 is 1.67 bits per heavy atom. The molecule has 0 aliphatic rings. The molecule has 1 rings (SSSR count). The van der Waals surface area contributed by atoms with Gasteiger partial charge in [0.15, 0.2) is 0 Å². The van der Waals surface area contributed by atoms with Crippen LogP contribution in [0.4, 0.5) is 0 Å². The van der Waals surface area contributed by atoms with Crippen molar-refractivity contribution in [2.75, 3.05) is 27.2 Å². The summed E-state index contributed by atoms with van der Waals surface area (Å²) in [5.41, 5.74) is 0. The van der Waals surface area contributed by atoms with Crippen LogP contribution in [0.15, 0.2) is 17.5 Å². The summed E-state index contributed by atoms with van der Waals surface area (Å²) in [5.74, 6) is -0.823. The van der Waals surface area contributed by atoms with Crippen molar-refractivity contribution in [3.05, 3.63) is 22.4 Å². The third-order valence-corrected chi connectivity index (χ3v) is 2.92. The number of nitrogens with zero attached hydrogens (tertiary/aromatic N) is 1. The predicted molar refractivity (Wildman–Crippen MR) is 61.3 cm³/mol. The number of carboxylic acids is 1. The van der Waals surface area contributed by atoms with Crippen molar-refractivity contribution in [3.8, 4) is 0 Å². The molecule has 84 valence electrons. The number of carboxylic acid groups (broad SMARTS) is 1. The largest absolute Gasteiger partial charge is 0.480 e. The summed E-state index contributed by atoms with van der Waals surface area (Å²) in [4.78, 5) is 13.9. The van der Waals surface area contributed by atoms with E-state index in [0.717, 1.165) is 11.4 Å². The van der Waals surface area contributed by atoms with Gasteiger partial charge in [-0.25, -0.2) is 0 Å². The highest BCUT2D eigenvalue weighted by atomic mass is 32.1. The maximum atomic E-state index is 11.0. The lowest BCUT2D eigenvalue weighted by atomic mass is 10.2. The molecular formula is C10H16N2O2S. The Hall–Kier alpha value is -0.910. The van der Waals surface area contributed by atoms with Crippen LogP contribution in [0.2, 0.25) is 0 Å². The molecule has 0 bridgehead atoms. The number of likely N-dealkylation sites (N-methyl/N-ethyl adjacent to an activating group) is 1. The Morgan fingerprint density at radius 3 is 2.87 bits per heavy atom. The molecule has 0 amide bonds. The SMILES string of the molecule is CN(C)CCNC(C(=O)O)c1cccs1. The summed E-state index contributed by atoms with van der Waals surface area (Å²) < 4.78 is 0. The lowest BCUT2D eigenvalue weighted by molar-refractivity contribution is -0.139. The molecule has 1 unspecified atom stereocenters. The van der Waals surface area contributed by atoms with Gasteiger partial charge in [-0.3, -0.25) is 10.1 Å². The van der Waals surface area contributed by atoms with E-state index in [9.17, 15) is 4.79 Å². The van der Waals surface area contributed by atoms with Crippen LogP contribution in [0.5, 0.6) is 0 Å². The Kier molecular flexibility index (Phi) is 4.74. The molecule has 4 nitrogen and oxygen atoms in total. The van der Waals surface area contributed by atoms with Gasteiger partial charge in [-0.05, 0) is 25.5 Å². The normalized spacial score (nSPS) is 13.0. The second-order valence-electron chi connectivity index (χ2n) is 3.54. The second kappa shape index (κ2) is 5.85. The van der Waals surface area contributed by atoms with Gasteiger partial charge in [0, 0.05) is 18.0 Å². The van der Waals surface area contributed by atoms with Crippen LogP contribution < -0.4 is 5.32 Å². The number of aliphatic carboxylic acids is 1. The van der Waals surface area contributed by atoms with Crippen molar-refractivity contribution in [3.63, 3.8) is 0 Å². The van der Waals surface area contributed by atoms with Gasteiger partial charge in [-0.15, -0.1) is 11.3 Å². The zero-order chi connectivity index (χ0) is 11.3. The lowest BCUT2D eigenvalue weighted by Crippen LogP contribution is -2.33. The van der Waals surface area contributed by atoms with Crippen LogP contribution >= 0.6 is 11.3 Å². The molecule has 0 aliphatic carbocycles. The third-order valence-electron chi connectivity index (χ3n) is 1.98. The van der Waals surface area contributed by atoms with Crippen LogP contribution in [0.1, 0.15) is 10.9 Å². The van der Waals surface area contributed by atoms with Gasteiger partial charge in [0.25, 0.3) is 0 Å². The van der Waals surface area contributed by atoms with Crippen LogP contribution in [0.25, 0.3) is 0 Å². The monoisotopic (exact) mass is 228 g/mol. The summed E-state index contributed by atoms with van der Waals surface area (Å²) in [7, 11) is 3.92. The van der Waals surface area contributed by atoms with Gasteiger partial charge in [-0.1, -0.05) is 6.07 Å². The molecule has 0 aliphatic heterocycles. The van der Waals surface area contributed by atoms with Crippen LogP contribution in [0, 0.1) is 0 Å². The summed E-state index contributed by atoms with van der Waals surface area (Å²) in [6.07, 6.45) is 0. The zero-order valence-corrected chi connectivity index (χ0v) is 9.75. The molecule has 15 heavy (non-hydrogen) atoms. The molecule has 1 heterocycles.